The Morgan fingerprint density at radius 2 is 1.40 bits per heavy atom. The number of unbranched alkanes of at least 4 members (excludes halogenated alkanes) is 4. The van der Waals surface area contributed by atoms with E-state index < -0.39 is 0 Å². The van der Waals surface area contributed by atoms with E-state index in [1.807, 2.05) is 13.8 Å². The second-order valence-corrected chi connectivity index (χ2v) is 11.5. The summed E-state index contributed by atoms with van der Waals surface area (Å²) in [6, 6.07) is 0. The Kier molecular flexibility index (Phi) is 18.2. The van der Waals surface area contributed by atoms with Crippen LogP contribution < -0.4 is 0 Å². The van der Waals surface area contributed by atoms with Crippen molar-refractivity contribution in [3.05, 3.63) is 12.2 Å². The lowest BCUT2D eigenvalue weighted by Gasteiger charge is -2.46. The van der Waals surface area contributed by atoms with E-state index in [1.54, 1.807) is 12.8 Å². The van der Waals surface area contributed by atoms with Crippen LogP contribution in [0.15, 0.2) is 12.2 Å². The number of hydrogen-bond donors (Lipinski definition) is 0. The Labute approximate surface area is 193 Å². The zero-order valence-electron chi connectivity index (χ0n) is 22.5. The van der Waals surface area contributed by atoms with Gasteiger partial charge in [-0.3, -0.25) is 0 Å². The van der Waals surface area contributed by atoms with Gasteiger partial charge in [0.25, 0.3) is 0 Å². The van der Waals surface area contributed by atoms with Gasteiger partial charge in [0.15, 0.2) is 0 Å². The van der Waals surface area contributed by atoms with Crippen LogP contribution in [-0.4, -0.2) is 0 Å². The summed E-state index contributed by atoms with van der Waals surface area (Å²) in [4.78, 5) is 0. The lowest BCUT2D eigenvalue weighted by molar-refractivity contribution is 0.0540. The molecule has 3 fully saturated rings. The van der Waals surface area contributed by atoms with Crippen LogP contribution >= 0.6 is 0 Å². The van der Waals surface area contributed by atoms with Crippen molar-refractivity contribution in [3.63, 3.8) is 0 Å². The van der Waals surface area contributed by atoms with Crippen LogP contribution in [0.5, 0.6) is 0 Å². The molecule has 0 aromatic carbocycles. The molecule has 0 heterocycles. The molecule has 0 saturated heterocycles. The van der Waals surface area contributed by atoms with Crippen molar-refractivity contribution in [3.8, 4) is 0 Å². The first-order chi connectivity index (χ1) is 14.3. The molecule has 0 heteroatoms. The fraction of sp³-hybridized carbons (Fsp3) is 0.933. The molecule has 3 unspecified atom stereocenters. The van der Waals surface area contributed by atoms with Gasteiger partial charge in [-0.2, -0.15) is 0 Å². The van der Waals surface area contributed by atoms with E-state index in [-0.39, 0.29) is 0 Å². The highest BCUT2D eigenvalue weighted by molar-refractivity contribution is 4.90. The molecule has 0 aromatic rings. The lowest BCUT2D eigenvalue weighted by Crippen LogP contribution is -2.34. The van der Waals surface area contributed by atoms with Gasteiger partial charge in [-0.15, -0.1) is 6.58 Å². The minimum absolute atomic E-state index is 0.752. The Morgan fingerprint density at radius 3 is 1.80 bits per heavy atom. The minimum Gasteiger partial charge on any atom is -0.100 e. The molecule has 3 aliphatic carbocycles. The molecule has 0 radical (unpaired) electrons. The van der Waals surface area contributed by atoms with Gasteiger partial charge in [-0.25, -0.2) is 0 Å². The molecule has 3 atom stereocenters. The average molecular weight is 421 g/mol. The largest absolute Gasteiger partial charge is 0.100 e. The van der Waals surface area contributed by atoms with Crippen LogP contribution in [0.3, 0.4) is 0 Å². The molecule has 30 heavy (non-hydrogen) atoms. The molecule has 3 aliphatic rings. The molecular formula is C30H60. The molecule has 0 amide bonds. The van der Waals surface area contributed by atoms with Crippen molar-refractivity contribution in [2.75, 3.05) is 0 Å². The highest BCUT2D eigenvalue weighted by Crippen LogP contribution is 2.51. The fourth-order valence-electron chi connectivity index (χ4n) is 5.65. The summed E-state index contributed by atoms with van der Waals surface area (Å²) in [5.74, 6) is 3.20. The summed E-state index contributed by atoms with van der Waals surface area (Å²) in [5, 5.41) is 0. The van der Waals surface area contributed by atoms with Gasteiger partial charge in [-0.05, 0) is 62.7 Å². The van der Waals surface area contributed by atoms with Gasteiger partial charge in [0, 0.05) is 0 Å². The second-order valence-electron chi connectivity index (χ2n) is 11.5. The van der Waals surface area contributed by atoms with Crippen LogP contribution in [0.2, 0.25) is 0 Å². The standard InChI is InChI=1S/C12H22.C7H14.C7H16.C4H8/c1-3-10-7-11-5-4-6-12(2,8-10)9-11;1-7-5-3-2-4-6-7;1-3-5-7-6-4-2;1-4(2)3/h10-11H,3-9H2,1-2H3;7H,2-6H2,1H3;3-7H2,1-2H3;1H2,2-3H3. The maximum absolute atomic E-state index is 3.56. The van der Waals surface area contributed by atoms with E-state index in [4.69, 9.17) is 0 Å². The Morgan fingerprint density at radius 1 is 0.833 bits per heavy atom. The summed E-state index contributed by atoms with van der Waals surface area (Å²) in [5.41, 5.74) is 1.92. The third kappa shape index (κ3) is 16.4. The van der Waals surface area contributed by atoms with E-state index >= 15 is 0 Å². The Balaban J connectivity index is 0.000000407. The van der Waals surface area contributed by atoms with E-state index in [0.717, 1.165) is 23.2 Å². The summed E-state index contributed by atoms with van der Waals surface area (Å²) in [6.07, 6.45) is 25.0. The average Bonchev–Trinajstić information content (AvgIpc) is 2.68. The van der Waals surface area contributed by atoms with Crippen molar-refractivity contribution in [2.24, 2.45) is 23.2 Å². The van der Waals surface area contributed by atoms with Gasteiger partial charge in [0.2, 0.25) is 0 Å². The van der Waals surface area contributed by atoms with Crippen molar-refractivity contribution in [1.29, 1.82) is 0 Å². The summed E-state index contributed by atoms with van der Waals surface area (Å²) in [6.45, 7) is 19.3. The topological polar surface area (TPSA) is 0 Å². The second kappa shape index (κ2) is 18.3. The summed E-state index contributed by atoms with van der Waals surface area (Å²) in [7, 11) is 0. The maximum Gasteiger partial charge on any atom is -0.0321 e. The quantitative estimate of drug-likeness (QED) is 0.306. The third-order valence-electron chi connectivity index (χ3n) is 7.30. The van der Waals surface area contributed by atoms with Crippen LogP contribution in [0, 0.1) is 23.2 Å². The smallest absolute Gasteiger partial charge is 0.0321 e. The maximum atomic E-state index is 3.56. The van der Waals surface area contributed by atoms with Crippen molar-refractivity contribution >= 4 is 0 Å². The Bertz CT molecular complexity index is 381. The van der Waals surface area contributed by atoms with E-state index in [0.29, 0.717) is 0 Å². The molecule has 2 bridgehead atoms. The molecule has 0 N–H and O–H groups in total. The molecule has 0 aromatic heterocycles. The normalized spacial score (nSPS) is 28.0. The highest BCUT2D eigenvalue weighted by atomic mass is 14.4. The number of fused-ring (bicyclic) bond motifs is 2. The van der Waals surface area contributed by atoms with Gasteiger partial charge in [0.1, 0.15) is 0 Å². The zero-order chi connectivity index (χ0) is 22.8. The molecule has 0 aliphatic heterocycles. The van der Waals surface area contributed by atoms with Crippen LogP contribution in [0.4, 0.5) is 0 Å². The first-order valence-corrected chi connectivity index (χ1v) is 13.9. The van der Waals surface area contributed by atoms with Crippen molar-refractivity contribution in [1.82, 2.24) is 0 Å². The monoisotopic (exact) mass is 420 g/mol. The predicted octanol–water partition coefficient (Wildman–Crippen LogP) is 11.1. The van der Waals surface area contributed by atoms with Gasteiger partial charge in [0.05, 0.1) is 0 Å². The van der Waals surface area contributed by atoms with E-state index in [9.17, 15) is 0 Å². The van der Waals surface area contributed by atoms with Crippen LogP contribution in [0.1, 0.15) is 158 Å². The number of rotatable bonds is 5. The van der Waals surface area contributed by atoms with E-state index in [2.05, 4.69) is 41.2 Å². The first-order valence-electron chi connectivity index (χ1n) is 13.9. The van der Waals surface area contributed by atoms with Gasteiger partial charge in [-0.1, -0.05) is 124 Å². The van der Waals surface area contributed by atoms with Crippen LogP contribution in [-0.2, 0) is 0 Å². The first kappa shape index (κ1) is 29.7. The summed E-state index contributed by atoms with van der Waals surface area (Å²) >= 11 is 0. The summed E-state index contributed by atoms with van der Waals surface area (Å²) < 4.78 is 0. The van der Waals surface area contributed by atoms with Crippen molar-refractivity contribution in [2.45, 2.75) is 158 Å². The van der Waals surface area contributed by atoms with Gasteiger partial charge < -0.3 is 0 Å². The Hall–Kier alpha value is -0.260. The zero-order valence-corrected chi connectivity index (χ0v) is 22.5. The molecular weight excluding hydrogens is 360 g/mol. The highest BCUT2D eigenvalue weighted by Gasteiger charge is 2.38. The van der Waals surface area contributed by atoms with E-state index in [1.165, 1.54) is 102 Å². The minimum atomic E-state index is 0.752. The van der Waals surface area contributed by atoms with Crippen molar-refractivity contribution < 1.29 is 0 Å². The van der Waals surface area contributed by atoms with Gasteiger partial charge >= 0.3 is 0 Å². The predicted molar refractivity (Wildman–Crippen MR) is 140 cm³/mol. The van der Waals surface area contributed by atoms with Crippen LogP contribution in [0.25, 0.3) is 0 Å². The third-order valence-corrected chi connectivity index (χ3v) is 7.30. The number of hydrogen-bond acceptors (Lipinski definition) is 0. The number of allylic oxidation sites excluding steroid dienone is 1. The SMILES string of the molecule is C=C(C)C.CC1CCCCC1.CCC1CC2CCCC(C)(C1)C2.CCCCCCC. The molecule has 0 nitrogen and oxygen atoms in total. The fourth-order valence-corrected chi connectivity index (χ4v) is 5.65. The lowest BCUT2D eigenvalue weighted by atomic mass is 9.59. The molecule has 3 saturated carbocycles. The molecule has 0 spiro atoms. The molecule has 3 rings (SSSR count). The molecule has 180 valence electrons.